The topological polar surface area (TPSA) is 89.6 Å². The van der Waals surface area contributed by atoms with E-state index in [2.05, 4.69) is 25.8 Å². The molecule has 3 N–H and O–H groups in total. The standard InChI is InChI=1S/C22H30F4N6O2/c1-27-20(33)15-4-5-18(19(23)29-15)32-8-6-31(7-9-32)12-13-2-3-14-16(10-13)30-21(34)17(28-14)11-22(24,25)26/h4-5,13-14,16-17,28H,2-3,6-12H2,1H3,(H,27,33)(H,30,34). The number of alkyl halides is 3. The number of rotatable bonds is 5. The number of piperazine rings is 2. The molecule has 8 nitrogen and oxygen atoms in total. The highest BCUT2D eigenvalue weighted by atomic mass is 19.4. The van der Waals surface area contributed by atoms with Crippen molar-refractivity contribution in [1.82, 2.24) is 25.8 Å². The first-order chi connectivity index (χ1) is 16.1. The molecule has 34 heavy (non-hydrogen) atoms. The Hall–Kier alpha value is -2.47. The van der Waals surface area contributed by atoms with Crippen molar-refractivity contribution in [2.75, 3.05) is 44.7 Å². The second kappa shape index (κ2) is 10.0. The molecule has 0 bridgehead atoms. The number of amides is 2. The summed E-state index contributed by atoms with van der Waals surface area (Å²) < 4.78 is 52.6. The SMILES string of the molecule is CNC(=O)c1ccc(N2CCN(CC3CCC4NC(CC(F)(F)F)C(=O)NC4C3)CC2)c(F)n1. The minimum Gasteiger partial charge on any atom is -0.365 e. The first kappa shape index (κ1) is 24.6. The zero-order chi connectivity index (χ0) is 24.5. The predicted molar refractivity (Wildman–Crippen MR) is 117 cm³/mol. The second-order valence-corrected chi connectivity index (χ2v) is 9.31. The molecule has 4 rings (SSSR count). The van der Waals surface area contributed by atoms with Crippen LogP contribution in [0.5, 0.6) is 0 Å². The Morgan fingerprint density at radius 2 is 1.91 bits per heavy atom. The summed E-state index contributed by atoms with van der Waals surface area (Å²) in [5.41, 5.74) is 0.407. The van der Waals surface area contributed by atoms with Gasteiger partial charge in [-0.05, 0) is 37.3 Å². The molecule has 3 aliphatic rings. The number of halogens is 4. The summed E-state index contributed by atoms with van der Waals surface area (Å²) in [5.74, 6) is -1.35. The van der Waals surface area contributed by atoms with Gasteiger partial charge in [-0.1, -0.05) is 0 Å². The molecule has 2 aliphatic heterocycles. The second-order valence-electron chi connectivity index (χ2n) is 9.31. The van der Waals surface area contributed by atoms with Crippen LogP contribution in [0.3, 0.4) is 0 Å². The molecule has 3 fully saturated rings. The molecule has 2 amide bonds. The minimum absolute atomic E-state index is 0.0343. The van der Waals surface area contributed by atoms with Crippen LogP contribution in [0.4, 0.5) is 23.2 Å². The van der Waals surface area contributed by atoms with E-state index in [9.17, 15) is 27.2 Å². The van der Waals surface area contributed by atoms with Gasteiger partial charge in [0.05, 0.1) is 18.2 Å². The third-order valence-corrected chi connectivity index (χ3v) is 6.97. The fourth-order valence-corrected chi connectivity index (χ4v) is 5.24. The Balaban J connectivity index is 1.26. The van der Waals surface area contributed by atoms with E-state index in [1.54, 1.807) is 6.07 Å². The van der Waals surface area contributed by atoms with Crippen molar-refractivity contribution in [3.05, 3.63) is 23.8 Å². The van der Waals surface area contributed by atoms with Crippen LogP contribution in [0.2, 0.25) is 0 Å². The Labute approximate surface area is 195 Å². The first-order valence-corrected chi connectivity index (χ1v) is 11.6. The minimum atomic E-state index is -4.38. The number of nitrogens with one attached hydrogen (secondary N) is 3. The maximum atomic E-state index is 14.5. The van der Waals surface area contributed by atoms with E-state index >= 15 is 0 Å². The Morgan fingerprint density at radius 3 is 2.56 bits per heavy atom. The van der Waals surface area contributed by atoms with E-state index < -0.39 is 36.4 Å². The van der Waals surface area contributed by atoms with Gasteiger partial charge in [-0.25, -0.2) is 4.98 Å². The third kappa shape index (κ3) is 5.77. The van der Waals surface area contributed by atoms with Crippen LogP contribution in [0.15, 0.2) is 12.1 Å². The first-order valence-electron chi connectivity index (χ1n) is 11.6. The zero-order valence-corrected chi connectivity index (χ0v) is 19.0. The quantitative estimate of drug-likeness (QED) is 0.429. The maximum Gasteiger partial charge on any atom is 0.391 e. The van der Waals surface area contributed by atoms with E-state index in [-0.39, 0.29) is 17.8 Å². The van der Waals surface area contributed by atoms with E-state index in [1.807, 2.05) is 4.90 Å². The number of hydrogen-bond acceptors (Lipinski definition) is 6. The van der Waals surface area contributed by atoms with Gasteiger partial charge in [0, 0.05) is 51.9 Å². The molecule has 4 atom stereocenters. The van der Waals surface area contributed by atoms with Crippen LogP contribution >= 0.6 is 0 Å². The molecule has 3 heterocycles. The summed E-state index contributed by atoms with van der Waals surface area (Å²) >= 11 is 0. The fraction of sp³-hybridized carbons (Fsp3) is 0.682. The van der Waals surface area contributed by atoms with Crippen LogP contribution < -0.4 is 20.9 Å². The molecule has 1 aromatic rings. The third-order valence-electron chi connectivity index (χ3n) is 6.97. The number of aromatic nitrogens is 1. The average molecular weight is 487 g/mol. The predicted octanol–water partition coefficient (Wildman–Crippen LogP) is 1.28. The molecule has 0 radical (unpaired) electrons. The van der Waals surface area contributed by atoms with Gasteiger partial charge in [0.15, 0.2) is 0 Å². The lowest BCUT2D eigenvalue weighted by atomic mass is 9.80. The fourth-order valence-electron chi connectivity index (χ4n) is 5.24. The number of hydrogen-bond donors (Lipinski definition) is 3. The van der Waals surface area contributed by atoms with Gasteiger partial charge in [-0.15, -0.1) is 0 Å². The smallest absolute Gasteiger partial charge is 0.365 e. The van der Waals surface area contributed by atoms with E-state index in [0.717, 1.165) is 38.9 Å². The molecule has 1 saturated carbocycles. The lowest BCUT2D eigenvalue weighted by Gasteiger charge is -2.45. The number of pyridine rings is 1. The Kier molecular flexibility index (Phi) is 7.27. The number of fused-ring (bicyclic) bond motifs is 1. The molecule has 12 heteroatoms. The van der Waals surface area contributed by atoms with Gasteiger partial charge in [-0.2, -0.15) is 17.6 Å². The van der Waals surface area contributed by atoms with Crippen molar-refractivity contribution < 1.29 is 27.2 Å². The molecular formula is C22H30F4N6O2. The molecule has 1 aliphatic carbocycles. The highest BCUT2D eigenvalue weighted by molar-refractivity contribution is 5.92. The summed E-state index contributed by atoms with van der Waals surface area (Å²) in [6.45, 7) is 3.54. The van der Waals surface area contributed by atoms with Crippen LogP contribution in [0.1, 0.15) is 36.2 Å². The normalized spacial score (nSPS) is 28.3. The maximum absolute atomic E-state index is 14.5. The van der Waals surface area contributed by atoms with Crippen molar-refractivity contribution in [1.29, 1.82) is 0 Å². The summed E-state index contributed by atoms with van der Waals surface area (Å²) in [6.07, 6.45) is -3.21. The number of carbonyl (C=O) groups is 2. The summed E-state index contributed by atoms with van der Waals surface area (Å²) in [5, 5.41) is 8.14. The molecule has 2 saturated heterocycles. The van der Waals surface area contributed by atoms with Crippen molar-refractivity contribution in [2.45, 2.75) is 50.0 Å². The van der Waals surface area contributed by atoms with E-state index in [1.165, 1.54) is 13.1 Å². The van der Waals surface area contributed by atoms with Crippen molar-refractivity contribution in [2.24, 2.45) is 5.92 Å². The Bertz CT molecular complexity index is 906. The van der Waals surface area contributed by atoms with Gasteiger partial charge in [0.2, 0.25) is 11.9 Å². The number of nitrogens with zero attached hydrogens (tertiary/aromatic N) is 3. The molecular weight excluding hydrogens is 456 g/mol. The van der Waals surface area contributed by atoms with Crippen LogP contribution in [0.25, 0.3) is 0 Å². The molecule has 188 valence electrons. The summed E-state index contributed by atoms with van der Waals surface area (Å²) in [4.78, 5) is 31.8. The van der Waals surface area contributed by atoms with Gasteiger partial charge in [0.25, 0.3) is 5.91 Å². The monoisotopic (exact) mass is 486 g/mol. The van der Waals surface area contributed by atoms with Gasteiger partial charge in [-0.3, -0.25) is 14.5 Å². The van der Waals surface area contributed by atoms with Crippen LogP contribution in [-0.2, 0) is 4.79 Å². The zero-order valence-electron chi connectivity index (χ0n) is 19.0. The van der Waals surface area contributed by atoms with Crippen molar-refractivity contribution >= 4 is 17.5 Å². The van der Waals surface area contributed by atoms with E-state index in [4.69, 9.17) is 0 Å². The molecule has 4 unspecified atom stereocenters. The molecule has 0 spiro atoms. The highest BCUT2D eigenvalue weighted by Gasteiger charge is 2.43. The Morgan fingerprint density at radius 1 is 1.18 bits per heavy atom. The van der Waals surface area contributed by atoms with Crippen molar-refractivity contribution in [3.8, 4) is 0 Å². The van der Waals surface area contributed by atoms with Crippen molar-refractivity contribution in [3.63, 3.8) is 0 Å². The largest absolute Gasteiger partial charge is 0.391 e. The van der Waals surface area contributed by atoms with Crippen LogP contribution in [-0.4, -0.2) is 85.8 Å². The molecule has 1 aromatic heterocycles. The highest BCUT2D eigenvalue weighted by Crippen LogP contribution is 2.31. The van der Waals surface area contributed by atoms with Gasteiger partial charge in [0.1, 0.15) is 5.69 Å². The van der Waals surface area contributed by atoms with Gasteiger partial charge >= 0.3 is 6.18 Å². The van der Waals surface area contributed by atoms with E-state index in [0.29, 0.717) is 24.7 Å². The molecule has 0 aromatic carbocycles. The van der Waals surface area contributed by atoms with Crippen LogP contribution in [0, 0.1) is 11.9 Å². The number of anilines is 1. The lowest BCUT2D eigenvalue weighted by molar-refractivity contribution is -0.153. The van der Waals surface area contributed by atoms with Gasteiger partial charge < -0.3 is 20.9 Å². The summed E-state index contributed by atoms with van der Waals surface area (Å²) in [7, 11) is 1.46. The number of carbonyl (C=O) groups excluding carboxylic acids is 2. The average Bonchev–Trinajstić information content (AvgIpc) is 2.79. The lowest BCUT2D eigenvalue weighted by Crippen LogP contribution is -2.66. The summed E-state index contributed by atoms with van der Waals surface area (Å²) in [6, 6.07) is 1.58.